The fraction of sp³-hybridized carbons (Fsp3) is 0.421. The van der Waals surface area contributed by atoms with Crippen molar-refractivity contribution < 1.29 is 14.0 Å². The van der Waals surface area contributed by atoms with Crippen LogP contribution in [0.3, 0.4) is 0 Å². The second-order valence-electron chi connectivity index (χ2n) is 6.52. The Hall–Kier alpha value is -2.74. The molecule has 2 amide bonds. The SMILES string of the molecule is CCn1cncc1CNC(=O)CC1C(=O)NCCN1Cc1ccccc1F. The van der Waals surface area contributed by atoms with E-state index < -0.39 is 6.04 Å². The number of hydrogen-bond donors (Lipinski definition) is 2. The number of carbonyl (C=O) groups excluding carboxylic acids is 2. The molecule has 7 nitrogen and oxygen atoms in total. The lowest BCUT2D eigenvalue weighted by atomic mass is 10.1. The Morgan fingerprint density at radius 3 is 3.00 bits per heavy atom. The van der Waals surface area contributed by atoms with E-state index in [0.717, 1.165) is 12.2 Å². The molecule has 1 atom stereocenters. The first kappa shape index (κ1) is 19.0. The first-order valence-electron chi connectivity index (χ1n) is 9.09. The molecule has 144 valence electrons. The zero-order valence-corrected chi connectivity index (χ0v) is 15.3. The molecule has 0 radical (unpaired) electrons. The van der Waals surface area contributed by atoms with Gasteiger partial charge in [0.1, 0.15) is 5.82 Å². The first-order valence-corrected chi connectivity index (χ1v) is 9.09. The minimum Gasteiger partial charge on any atom is -0.353 e. The van der Waals surface area contributed by atoms with Crippen molar-refractivity contribution in [3.63, 3.8) is 0 Å². The van der Waals surface area contributed by atoms with Gasteiger partial charge in [0.05, 0.1) is 31.0 Å². The maximum atomic E-state index is 14.0. The number of hydrogen-bond acceptors (Lipinski definition) is 4. The Balaban J connectivity index is 1.62. The lowest BCUT2D eigenvalue weighted by Crippen LogP contribution is -2.56. The number of nitrogens with zero attached hydrogens (tertiary/aromatic N) is 3. The number of nitrogens with one attached hydrogen (secondary N) is 2. The van der Waals surface area contributed by atoms with E-state index in [0.29, 0.717) is 31.7 Å². The number of amides is 2. The molecule has 1 aromatic carbocycles. The van der Waals surface area contributed by atoms with E-state index >= 15 is 0 Å². The van der Waals surface area contributed by atoms with E-state index in [-0.39, 0.29) is 24.1 Å². The molecule has 3 rings (SSSR count). The van der Waals surface area contributed by atoms with E-state index in [9.17, 15) is 14.0 Å². The van der Waals surface area contributed by atoms with Gasteiger partial charge in [-0.1, -0.05) is 18.2 Å². The molecule has 1 aliphatic rings. The molecule has 1 aliphatic heterocycles. The quantitative estimate of drug-likeness (QED) is 0.760. The van der Waals surface area contributed by atoms with Crippen molar-refractivity contribution in [3.05, 3.63) is 53.9 Å². The smallest absolute Gasteiger partial charge is 0.237 e. The molecular weight excluding hydrogens is 349 g/mol. The third-order valence-electron chi connectivity index (χ3n) is 4.76. The number of rotatable bonds is 7. The molecule has 0 bridgehead atoms. The Morgan fingerprint density at radius 1 is 1.41 bits per heavy atom. The highest BCUT2D eigenvalue weighted by molar-refractivity contribution is 5.88. The summed E-state index contributed by atoms with van der Waals surface area (Å²) in [7, 11) is 0. The van der Waals surface area contributed by atoms with E-state index in [1.54, 1.807) is 30.7 Å². The summed E-state index contributed by atoms with van der Waals surface area (Å²) in [6, 6.07) is 5.88. The van der Waals surface area contributed by atoms with Gasteiger partial charge >= 0.3 is 0 Å². The van der Waals surface area contributed by atoms with E-state index in [2.05, 4.69) is 15.6 Å². The number of benzene rings is 1. The average Bonchev–Trinajstić information content (AvgIpc) is 3.12. The van der Waals surface area contributed by atoms with Crippen LogP contribution in [0.2, 0.25) is 0 Å². The van der Waals surface area contributed by atoms with Crippen LogP contribution in [0.1, 0.15) is 24.6 Å². The third-order valence-corrected chi connectivity index (χ3v) is 4.76. The highest BCUT2D eigenvalue weighted by atomic mass is 19.1. The highest BCUT2D eigenvalue weighted by Gasteiger charge is 2.31. The predicted octanol–water partition coefficient (Wildman–Crippen LogP) is 1.05. The molecule has 1 unspecified atom stereocenters. The molecule has 0 saturated carbocycles. The second kappa shape index (κ2) is 8.77. The molecule has 0 spiro atoms. The van der Waals surface area contributed by atoms with E-state index in [1.807, 2.05) is 16.4 Å². The van der Waals surface area contributed by atoms with Gasteiger partial charge in [-0.3, -0.25) is 14.5 Å². The van der Waals surface area contributed by atoms with Crippen LogP contribution < -0.4 is 10.6 Å². The summed E-state index contributed by atoms with van der Waals surface area (Å²) in [6.45, 7) is 4.48. The number of halogens is 1. The zero-order chi connectivity index (χ0) is 19.2. The molecule has 2 N–H and O–H groups in total. The Labute approximate surface area is 157 Å². The fourth-order valence-electron chi connectivity index (χ4n) is 3.24. The van der Waals surface area contributed by atoms with Crippen molar-refractivity contribution in [2.45, 2.75) is 39.0 Å². The van der Waals surface area contributed by atoms with Gasteiger partial charge in [-0.2, -0.15) is 0 Å². The van der Waals surface area contributed by atoms with Crippen LogP contribution in [0.5, 0.6) is 0 Å². The van der Waals surface area contributed by atoms with Crippen molar-refractivity contribution >= 4 is 11.8 Å². The monoisotopic (exact) mass is 373 g/mol. The summed E-state index contributed by atoms with van der Waals surface area (Å²) in [5.74, 6) is -0.731. The normalized spacial score (nSPS) is 17.6. The van der Waals surface area contributed by atoms with Crippen LogP contribution in [0.4, 0.5) is 4.39 Å². The van der Waals surface area contributed by atoms with Gasteiger partial charge in [-0.25, -0.2) is 9.37 Å². The zero-order valence-electron chi connectivity index (χ0n) is 15.3. The van der Waals surface area contributed by atoms with Crippen LogP contribution in [0.15, 0.2) is 36.8 Å². The van der Waals surface area contributed by atoms with Gasteiger partial charge in [-0.05, 0) is 13.0 Å². The third kappa shape index (κ3) is 4.71. The molecule has 2 heterocycles. The topological polar surface area (TPSA) is 79.3 Å². The number of aryl methyl sites for hydroxylation is 1. The van der Waals surface area contributed by atoms with Gasteiger partial charge in [-0.15, -0.1) is 0 Å². The fourth-order valence-corrected chi connectivity index (χ4v) is 3.24. The van der Waals surface area contributed by atoms with Crippen LogP contribution in [-0.2, 0) is 29.2 Å². The molecule has 1 fully saturated rings. The van der Waals surface area contributed by atoms with Crippen LogP contribution >= 0.6 is 0 Å². The summed E-state index contributed by atoms with van der Waals surface area (Å²) in [6.07, 6.45) is 3.45. The molecule has 8 heteroatoms. The van der Waals surface area contributed by atoms with Gasteiger partial charge in [0.2, 0.25) is 11.8 Å². The number of aromatic nitrogens is 2. The highest BCUT2D eigenvalue weighted by Crippen LogP contribution is 2.16. The lowest BCUT2D eigenvalue weighted by Gasteiger charge is -2.34. The number of carbonyl (C=O) groups is 2. The predicted molar refractivity (Wildman–Crippen MR) is 98.0 cm³/mol. The molecule has 27 heavy (non-hydrogen) atoms. The van der Waals surface area contributed by atoms with Crippen LogP contribution in [0.25, 0.3) is 0 Å². The Kier molecular flexibility index (Phi) is 6.18. The van der Waals surface area contributed by atoms with Crippen LogP contribution in [-0.4, -0.2) is 45.4 Å². The minimum atomic E-state index is -0.616. The molecule has 2 aromatic rings. The van der Waals surface area contributed by atoms with Gasteiger partial charge in [0.25, 0.3) is 0 Å². The molecular formula is C19H24FN5O2. The second-order valence-corrected chi connectivity index (χ2v) is 6.52. The maximum absolute atomic E-state index is 14.0. The van der Waals surface area contributed by atoms with Crippen molar-refractivity contribution in [3.8, 4) is 0 Å². The summed E-state index contributed by atoms with van der Waals surface area (Å²) >= 11 is 0. The van der Waals surface area contributed by atoms with E-state index in [1.165, 1.54) is 6.07 Å². The van der Waals surface area contributed by atoms with Crippen molar-refractivity contribution in [2.75, 3.05) is 13.1 Å². The lowest BCUT2D eigenvalue weighted by molar-refractivity contribution is -0.134. The summed E-state index contributed by atoms with van der Waals surface area (Å²) in [5.41, 5.74) is 1.42. The van der Waals surface area contributed by atoms with Gasteiger partial charge < -0.3 is 15.2 Å². The number of piperazine rings is 1. The minimum absolute atomic E-state index is 0.0283. The largest absolute Gasteiger partial charge is 0.353 e. The van der Waals surface area contributed by atoms with Crippen LogP contribution in [0, 0.1) is 5.82 Å². The molecule has 1 saturated heterocycles. The van der Waals surface area contributed by atoms with Gasteiger partial charge in [0.15, 0.2) is 0 Å². The average molecular weight is 373 g/mol. The molecule has 0 aliphatic carbocycles. The van der Waals surface area contributed by atoms with Gasteiger partial charge in [0, 0.05) is 37.9 Å². The molecule has 1 aromatic heterocycles. The summed E-state index contributed by atoms with van der Waals surface area (Å²) < 4.78 is 15.9. The van der Waals surface area contributed by atoms with Crippen molar-refractivity contribution in [2.24, 2.45) is 0 Å². The Bertz CT molecular complexity index is 807. The first-order chi connectivity index (χ1) is 13.1. The number of imidazole rings is 1. The van der Waals surface area contributed by atoms with E-state index in [4.69, 9.17) is 0 Å². The standard InChI is InChI=1S/C19H24FN5O2/c1-2-24-13-21-10-15(24)11-23-18(26)9-17-19(27)22-7-8-25(17)12-14-5-3-4-6-16(14)20/h3-6,10,13,17H,2,7-9,11-12H2,1H3,(H,22,27)(H,23,26). The summed E-state index contributed by atoms with van der Waals surface area (Å²) in [5, 5.41) is 5.63. The van der Waals surface area contributed by atoms with Crippen molar-refractivity contribution in [1.29, 1.82) is 0 Å². The Morgan fingerprint density at radius 2 is 2.22 bits per heavy atom. The maximum Gasteiger partial charge on any atom is 0.237 e. The van der Waals surface area contributed by atoms with Crippen molar-refractivity contribution in [1.82, 2.24) is 25.1 Å². The summed E-state index contributed by atoms with van der Waals surface area (Å²) in [4.78, 5) is 30.6.